The van der Waals surface area contributed by atoms with E-state index in [4.69, 9.17) is 4.43 Å². The number of hydrogen-bond acceptors (Lipinski definition) is 4. The molecule has 0 rings (SSSR count). The van der Waals surface area contributed by atoms with Gasteiger partial charge in [0.2, 0.25) is 9.76 Å². The van der Waals surface area contributed by atoms with Crippen molar-refractivity contribution in [2.75, 3.05) is 7.11 Å². The molecule has 0 atom stereocenters. The van der Waals surface area contributed by atoms with Crippen molar-refractivity contribution in [2.24, 2.45) is 0 Å². The normalized spacial score (nSPS) is 10.6. The highest BCUT2D eigenvalue weighted by molar-refractivity contribution is 6.31. The molecule has 0 aliphatic carbocycles. The van der Waals surface area contributed by atoms with Crippen LogP contribution in [-0.4, -0.2) is 28.8 Å². The number of carbonyl (C=O) groups is 2. The summed E-state index contributed by atoms with van der Waals surface area (Å²) in [5.41, 5.74) is 0.183. The van der Waals surface area contributed by atoms with Crippen molar-refractivity contribution < 1.29 is 18.8 Å². The Kier molecular flexibility index (Phi) is 11.3. The molecule has 19 heavy (non-hydrogen) atoms. The third-order valence-electron chi connectivity index (χ3n) is 2.86. The van der Waals surface area contributed by atoms with Crippen molar-refractivity contribution in [3.05, 3.63) is 12.2 Å². The lowest BCUT2D eigenvalue weighted by Gasteiger charge is -2.06. The summed E-state index contributed by atoms with van der Waals surface area (Å²) in [4.78, 5) is 22.4. The molecule has 0 saturated carbocycles. The minimum absolute atomic E-state index is 0.0826. The summed E-state index contributed by atoms with van der Waals surface area (Å²) in [6.07, 6.45) is 7.40. The fourth-order valence-corrected chi connectivity index (χ4v) is 2.74. The zero-order valence-electron chi connectivity index (χ0n) is 12.2. The molecule has 5 heteroatoms. The van der Waals surface area contributed by atoms with Crippen molar-refractivity contribution in [3.63, 3.8) is 0 Å². The predicted octanol–water partition coefficient (Wildman–Crippen LogP) is 2.51. The number of ether oxygens (including phenoxy) is 1. The van der Waals surface area contributed by atoms with E-state index in [0.29, 0.717) is 0 Å². The second kappa shape index (κ2) is 12.0. The maximum atomic E-state index is 11.5. The number of carbonyl (C=O) groups excluding carboxylic acids is 2. The Morgan fingerprint density at radius 2 is 1.74 bits per heavy atom. The molecular formula is C14H26O4Si. The van der Waals surface area contributed by atoms with Gasteiger partial charge in [0.15, 0.2) is 0 Å². The highest BCUT2D eigenvalue weighted by Gasteiger charge is 2.12. The molecule has 0 aliphatic rings. The van der Waals surface area contributed by atoms with Crippen molar-refractivity contribution >= 4 is 21.7 Å². The largest absolute Gasteiger partial charge is 0.522 e. The highest BCUT2D eigenvalue weighted by atomic mass is 28.2. The van der Waals surface area contributed by atoms with Crippen LogP contribution in [0, 0.1) is 0 Å². The van der Waals surface area contributed by atoms with Gasteiger partial charge in [-0.05, 0) is 6.04 Å². The molecule has 0 aromatic heterocycles. The quantitative estimate of drug-likeness (QED) is 0.253. The Labute approximate surface area is 118 Å². The van der Waals surface area contributed by atoms with Gasteiger partial charge < -0.3 is 9.16 Å². The first-order valence-corrected chi connectivity index (χ1v) is 8.61. The molecule has 0 radical (unpaired) electrons. The zero-order chi connectivity index (χ0) is 14.5. The molecule has 0 fully saturated rings. The SMILES string of the molecule is C=C(CC(=O)OC)C(=O)O[SiH2]CCCCCCCC. The Bertz CT molecular complexity index is 289. The summed E-state index contributed by atoms with van der Waals surface area (Å²) in [5.74, 6) is -0.900. The maximum absolute atomic E-state index is 11.5. The molecular weight excluding hydrogens is 260 g/mol. The lowest BCUT2D eigenvalue weighted by Crippen LogP contribution is -2.14. The van der Waals surface area contributed by atoms with Crippen LogP contribution in [0.1, 0.15) is 51.9 Å². The van der Waals surface area contributed by atoms with Gasteiger partial charge in [-0.1, -0.05) is 52.0 Å². The Balaban J connectivity index is 3.47. The van der Waals surface area contributed by atoms with Gasteiger partial charge in [-0.3, -0.25) is 4.79 Å². The van der Waals surface area contributed by atoms with E-state index in [1.807, 2.05) is 0 Å². The lowest BCUT2D eigenvalue weighted by molar-refractivity contribution is -0.141. The van der Waals surface area contributed by atoms with Gasteiger partial charge in [-0.2, -0.15) is 0 Å². The van der Waals surface area contributed by atoms with Crippen LogP contribution in [0.2, 0.25) is 6.04 Å². The molecule has 0 N–H and O–H groups in total. The summed E-state index contributed by atoms with van der Waals surface area (Å²) < 4.78 is 9.63. The number of methoxy groups -OCH3 is 1. The monoisotopic (exact) mass is 286 g/mol. The number of esters is 1. The first-order chi connectivity index (χ1) is 9.11. The van der Waals surface area contributed by atoms with E-state index in [2.05, 4.69) is 18.2 Å². The molecule has 0 aromatic carbocycles. The van der Waals surface area contributed by atoms with Gasteiger partial charge in [0, 0.05) is 5.57 Å². The molecule has 4 nitrogen and oxygen atoms in total. The van der Waals surface area contributed by atoms with Crippen LogP contribution < -0.4 is 0 Å². The molecule has 0 spiro atoms. The van der Waals surface area contributed by atoms with E-state index in [9.17, 15) is 9.59 Å². The minimum Gasteiger partial charge on any atom is -0.522 e. The summed E-state index contributed by atoms with van der Waals surface area (Å²) in [6, 6.07) is 1.00. The zero-order valence-corrected chi connectivity index (χ0v) is 13.6. The van der Waals surface area contributed by atoms with Crippen molar-refractivity contribution in [1.82, 2.24) is 0 Å². The van der Waals surface area contributed by atoms with E-state index < -0.39 is 21.7 Å². The highest BCUT2D eigenvalue weighted by Crippen LogP contribution is 2.08. The summed E-state index contributed by atoms with van der Waals surface area (Å²) >= 11 is 0. The molecule has 110 valence electrons. The van der Waals surface area contributed by atoms with Gasteiger partial charge in [0.25, 0.3) is 0 Å². The van der Waals surface area contributed by atoms with Crippen LogP contribution in [0.15, 0.2) is 12.2 Å². The van der Waals surface area contributed by atoms with Gasteiger partial charge >= 0.3 is 11.9 Å². The van der Waals surface area contributed by atoms with E-state index in [1.165, 1.54) is 39.2 Å². The van der Waals surface area contributed by atoms with Gasteiger partial charge in [0.1, 0.15) is 0 Å². The fraction of sp³-hybridized carbons (Fsp3) is 0.714. The number of hydrogen-bond donors (Lipinski definition) is 0. The van der Waals surface area contributed by atoms with Crippen molar-refractivity contribution in [3.8, 4) is 0 Å². The number of rotatable bonds is 11. The molecule has 0 unspecified atom stereocenters. The first kappa shape index (κ1) is 17.9. The van der Waals surface area contributed by atoms with Crippen molar-refractivity contribution in [2.45, 2.75) is 57.9 Å². The molecule has 0 aliphatic heterocycles. The van der Waals surface area contributed by atoms with Crippen LogP contribution in [0.4, 0.5) is 0 Å². The standard InChI is InChI=1S/C14H26O4Si/c1-4-5-6-7-8-9-10-19-18-14(16)12(2)11-13(15)17-3/h2,4-11,19H2,1,3H3. The molecule has 0 amide bonds. The molecule has 0 bridgehead atoms. The topological polar surface area (TPSA) is 52.6 Å². The second-order valence-electron chi connectivity index (χ2n) is 4.61. The van der Waals surface area contributed by atoms with Gasteiger partial charge in [-0.25, -0.2) is 4.79 Å². The van der Waals surface area contributed by atoms with E-state index >= 15 is 0 Å². The molecule has 0 aromatic rings. The Morgan fingerprint density at radius 3 is 2.37 bits per heavy atom. The van der Waals surface area contributed by atoms with Gasteiger partial charge in [-0.15, -0.1) is 0 Å². The van der Waals surface area contributed by atoms with Gasteiger partial charge in [0.05, 0.1) is 13.5 Å². The van der Waals surface area contributed by atoms with E-state index in [0.717, 1.165) is 12.5 Å². The second-order valence-corrected chi connectivity index (χ2v) is 6.02. The lowest BCUT2D eigenvalue weighted by atomic mass is 10.1. The summed E-state index contributed by atoms with van der Waals surface area (Å²) in [7, 11) is 0.465. The fourth-order valence-electron chi connectivity index (χ4n) is 1.64. The molecule has 0 heterocycles. The van der Waals surface area contributed by atoms with Crippen LogP contribution >= 0.6 is 0 Å². The smallest absolute Gasteiger partial charge is 0.320 e. The summed E-state index contributed by atoms with van der Waals surface area (Å²) in [5, 5.41) is 0. The predicted molar refractivity (Wildman–Crippen MR) is 78.6 cm³/mol. The van der Waals surface area contributed by atoms with Crippen LogP contribution in [-0.2, 0) is 18.8 Å². The maximum Gasteiger partial charge on any atom is 0.320 e. The van der Waals surface area contributed by atoms with E-state index in [-0.39, 0.29) is 12.0 Å². The van der Waals surface area contributed by atoms with Crippen LogP contribution in [0.5, 0.6) is 0 Å². The van der Waals surface area contributed by atoms with E-state index in [1.54, 1.807) is 0 Å². The third-order valence-corrected chi connectivity index (χ3v) is 4.11. The van der Waals surface area contributed by atoms with Crippen molar-refractivity contribution in [1.29, 1.82) is 0 Å². The number of unbranched alkanes of at least 4 members (excludes halogenated alkanes) is 5. The average molecular weight is 286 g/mol. The van der Waals surface area contributed by atoms with Crippen LogP contribution in [0.3, 0.4) is 0 Å². The Morgan fingerprint density at radius 1 is 1.11 bits per heavy atom. The summed E-state index contributed by atoms with van der Waals surface area (Å²) in [6.45, 7) is 5.74. The van der Waals surface area contributed by atoms with Crippen LogP contribution in [0.25, 0.3) is 0 Å². The minimum atomic E-state index is -0.821. The first-order valence-electron chi connectivity index (χ1n) is 7.03. The molecule has 0 saturated heterocycles. The third kappa shape index (κ3) is 10.5. The average Bonchev–Trinajstić information content (AvgIpc) is 2.41. The Hall–Kier alpha value is -1.10.